The van der Waals surface area contributed by atoms with Crippen molar-refractivity contribution in [1.82, 2.24) is 9.97 Å². The maximum atomic E-state index is 8.89. The maximum absolute atomic E-state index is 8.89. The van der Waals surface area contributed by atoms with E-state index in [0.29, 0.717) is 23.1 Å². The molecule has 0 N–H and O–H groups in total. The Bertz CT molecular complexity index is 2720. The number of hydrogen-bond donors (Lipinski definition) is 0. The number of pyridine rings is 2. The van der Waals surface area contributed by atoms with Crippen molar-refractivity contribution in [3.63, 3.8) is 0 Å². The number of furan rings is 1. The Morgan fingerprint density at radius 3 is 2.02 bits per heavy atom. The fourth-order valence-electron chi connectivity index (χ4n) is 6.88. The van der Waals surface area contributed by atoms with Gasteiger partial charge in [0, 0.05) is 53.0 Å². The first-order valence-electron chi connectivity index (χ1n) is 21.9. The molecule has 5 aromatic carbocycles. The van der Waals surface area contributed by atoms with Crippen LogP contribution < -0.4 is 0 Å². The van der Waals surface area contributed by atoms with Gasteiger partial charge in [0.2, 0.25) is 0 Å². The first-order valence-corrected chi connectivity index (χ1v) is 18.4. The molecule has 55 heavy (non-hydrogen) atoms. The SMILES string of the molecule is [2H]C(C)(C)c1[c-]c(-c2cc(-c3c(C(C)C)cccc3C(C)C)ccn2)c2oc3c(-c4ccccc4)cccc3c2c1.[2H]C([2H])([2H])c1c[c-]c(-c2ccc(C([2H])([2H])[2H])cn2)cc1.[Ir]. The quantitative estimate of drug-likeness (QED) is 0.150. The summed E-state index contributed by atoms with van der Waals surface area (Å²) >= 11 is 0. The molecule has 3 heterocycles. The van der Waals surface area contributed by atoms with Gasteiger partial charge in [0.25, 0.3) is 0 Å². The van der Waals surface area contributed by atoms with Crippen LogP contribution in [0.15, 0.2) is 132 Å². The van der Waals surface area contributed by atoms with Gasteiger partial charge in [-0.2, -0.15) is 0 Å². The first kappa shape index (κ1) is 31.1. The number of aromatic nitrogens is 2. The Hall–Kier alpha value is -5.15. The predicted molar refractivity (Wildman–Crippen MR) is 227 cm³/mol. The average Bonchev–Trinajstić information content (AvgIpc) is 3.62. The second-order valence-electron chi connectivity index (χ2n) is 14.4. The topological polar surface area (TPSA) is 38.9 Å². The molecule has 279 valence electrons. The number of benzene rings is 5. The fraction of sp³-hybridized carbons (Fsp3) is 0.216. The van der Waals surface area contributed by atoms with E-state index in [1.807, 2.05) is 38.2 Å². The summed E-state index contributed by atoms with van der Waals surface area (Å²) in [6.45, 7) is 8.48. The van der Waals surface area contributed by atoms with E-state index >= 15 is 0 Å². The van der Waals surface area contributed by atoms with Crippen LogP contribution in [0.3, 0.4) is 0 Å². The molecule has 8 rings (SSSR count). The van der Waals surface area contributed by atoms with Gasteiger partial charge in [0.05, 0.1) is 5.58 Å². The molecule has 0 spiro atoms. The Balaban J connectivity index is 0.000000258. The molecule has 8 aromatic rings. The smallest absolute Gasteiger partial charge is 0.128 e. The van der Waals surface area contributed by atoms with Crippen molar-refractivity contribution in [1.29, 1.82) is 0 Å². The number of nitrogens with zero attached hydrogens (tertiary/aromatic N) is 2. The summed E-state index contributed by atoms with van der Waals surface area (Å²) in [5, 5.41) is 2.02. The van der Waals surface area contributed by atoms with Crippen LogP contribution in [0, 0.1) is 25.8 Å². The van der Waals surface area contributed by atoms with Crippen LogP contribution in [0.5, 0.6) is 0 Å². The molecule has 0 saturated heterocycles. The van der Waals surface area contributed by atoms with E-state index in [0.717, 1.165) is 55.4 Å². The third kappa shape index (κ3) is 8.42. The third-order valence-corrected chi connectivity index (χ3v) is 9.68. The molecular formula is C51H48IrN2O-2. The van der Waals surface area contributed by atoms with Crippen LogP contribution in [0.2, 0.25) is 0 Å². The molecule has 0 unspecified atom stereocenters. The minimum absolute atomic E-state index is 0. The number of fused-ring (bicyclic) bond motifs is 3. The second kappa shape index (κ2) is 17.1. The molecule has 4 heteroatoms. The van der Waals surface area contributed by atoms with Gasteiger partial charge in [-0.25, -0.2) is 0 Å². The van der Waals surface area contributed by atoms with Gasteiger partial charge in [-0.05, 0) is 75.4 Å². The summed E-state index contributed by atoms with van der Waals surface area (Å²) in [5.41, 5.74) is 12.8. The summed E-state index contributed by atoms with van der Waals surface area (Å²) in [4.78, 5) is 8.93. The van der Waals surface area contributed by atoms with Crippen molar-refractivity contribution >= 4 is 21.9 Å². The zero-order valence-corrected chi connectivity index (χ0v) is 34.3. The molecule has 3 aromatic heterocycles. The number of para-hydroxylation sites is 1. The minimum atomic E-state index is -2.18. The average molecular weight is 904 g/mol. The molecule has 0 saturated carbocycles. The van der Waals surface area contributed by atoms with Crippen molar-refractivity contribution in [3.05, 3.63) is 168 Å². The van der Waals surface area contributed by atoms with Crippen LogP contribution in [-0.2, 0) is 20.1 Å². The van der Waals surface area contributed by atoms with Gasteiger partial charge in [0.15, 0.2) is 0 Å². The van der Waals surface area contributed by atoms with E-state index in [2.05, 4.69) is 112 Å². The summed E-state index contributed by atoms with van der Waals surface area (Å²) in [5.74, 6) is -0.0633. The number of rotatable bonds is 7. The van der Waals surface area contributed by atoms with Crippen molar-refractivity contribution in [2.45, 2.75) is 73.0 Å². The monoisotopic (exact) mass is 904 g/mol. The van der Waals surface area contributed by atoms with Crippen LogP contribution in [0.25, 0.3) is 66.7 Å². The Labute approximate surface area is 350 Å². The molecule has 0 aliphatic carbocycles. The molecule has 0 aliphatic heterocycles. The summed E-state index contributed by atoms with van der Waals surface area (Å²) in [6.07, 6.45) is 3.19. The fourth-order valence-corrected chi connectivity index (χ4v) is 6.88. The molecule has 0 amide bonds. The maximum Gasteiger partial charge on any atom is 0.128 e. The Kier molecular flexibility index (Phi) is 9.67. The number of hydrogen-bond acceptors (Lipinski definition) is 3. The van der Waals surface area contributed by atoms with E-state index in [1.165, 1.54) is 41.1 Å². The van der Waals surface area contributed by atoms with Gasteiger partial charge >= 0.3 is 0 Å². The van der Waals surface area contributed by atoms with Crippen LogP contribution >= 0.6 is 0 Å². The normalized spacial score (nSPS) is 13.8. The molecular weight excluding hydrogens is 849 g/mol. The van der Waals surface area contributed by atoms with Crippen LogP contribution in [-0.4, -0.2) is 9.97 Å². The first-order chi connectivity index (χ1) is 28.8. The molecule has 0 bridgehead atoms. The molecule has 3 nitrogen and oxygen atoms in total. The van der Waals surface area contributed by atoms with Gasteiger partial charge in [-0.1, -0.05) is 144 Å². The molecule has 0 atom stereocenters. The Morgan fingerprint density at radius 1 is 0.655 bits per heavy atom. The van der Waals surface area contributed by atoms with Gasteiger partial charge in [-0.3, -0.25) is 0 Å². The zero-order chi connectivity index (χ0) is 43.9. The molecule has 0 aliphatic rings. The van der Waals surface area contributed by atoms with Crippen molar-refractivity contribution in [2.24, 2.45) is 0 Å². The van der Waals surface area contributed by atoms with E-state index in [-0.39, 0.29) is 31.2 Å². The predicted octanol–water partition coefficient (Wildman–Crippen LogP) is 14.3. The summed E-state index contributed by atoms with van der Waals surface area (Å²) in [6, 6.07) is 43.6. The van der Waals surface area contributed by atoms with Gasteiger partial charge in [-0.15, -0.1) is 53.1 Å². The molecule has 1 radical (unpaired) electrons. The second-order valence-corrected chi connectivity index (χ2v) is 14.4. The van der Waals surface area contributed by atoms with E-state index in [1.54, 1.807) is 12.1 Å². The molecule has 0 fully saturated rings. The number of aryl methyl sites for hydroxylation is 2. The Morgan fingerprint density at radius 2 is 1.38 bits per heavy atom. The van der Waals surface area contributed by atoms with Crippen molar-refractivity contribution < 1.29 is 34.1 Å². The summed E-state index contributed by atoms with van der Waals surface area (Å²) in [7, 11) is 0. The van der Waals surface area contributed by atoms with Gasteiger partial charge < -0.3 is 14.4 Å². The van der Waals surface area contributed by atoms with E-state index in [9.17, 15) is 0 Å². The van der Waals surface area contributed by atoms with Gasteiger partial charge in [0.1, 0.15) is 5.58 Å². The zero-order valence-electron chi connectivity index (χ0n) is 38.9. The van der Waals surface area contributed by atoms with Crippen molar-refractivity contribution in [2.75, 3.05) is 0 Å². The van der Waals surface area contributed by atoms with E-state index < -0.39 is 19.6 Å². The standard InChI is InChI=1S/C38H36NO.C13H12N.Ir/c1-23(2)28-20-33-32-17-11-16-31(26-12-8-7-9-13-26)37(32)40-38(33)34(21-28)35-22-27(18-19-39-35)36-29(24(3)4)14-10-15-30(36)25(5)6;1-10-3-6-12(7-4-10)13-8-5-11(2)9-14-13;/h7-20,22-25H,1-6H3;3-6,8-9H,1-2H3;/q2*-1;/i23D;1D3,2D3;. The van der Waals surface area contributed by atoms with Crippen LogP contribution in [0.1, 0.15) is 96.7 Å². The largest absolute Gasteiger partial charge is 0.500 e. The van der Waals surface area contributed by atoms with E-state index in [4.69, 9.17) is 19.0 Å². The van der Waals surface area contributed by atoms with Crippen LogP contribution in [0.4, 0.5) is 0 Å². The summed E-state index contributed by atoms with van der Waals surface area (Å²) < 4.78 is 59.3. The minimum Gasteiger partial charge on any atom is -0.500 e. The van der Waals surface area contributed by atoms with Crippen molar-refractivity contribution in [3.8, 4) is 44.8 Å². The third-order valence-electron chi connectivity index (χ3n) is 9.68.